The SMILES string of the molecule is C=CCN1C(=O)C(CC(=O)Nc2ccc(OCC)cc2)SC1=Nc1nccs1. The lowest BCUT2D eigenvalue weighted by Crippen LogP contribution is -2.33. The molecule has 0 radical (unpaired) electrons. The van der Waals surface area contributed by atoms with Crippen LogP contribution in [0.25, 0.3) is 0 Å². The number of aromatic nitrogens is 1. The lowest BCUT2D eigenvalue weighted by atomic mass is 10.2. The van der Waals surface area contributed by atoms with Crippen molar-refractivity contribution < 1.29 is 14.3 Å². The van der Waals surface area contributed by atoms with Gasteiger partial charge in [-0.25, -0.2) is 4.98 Å². The number of ether oxygens (including phenoxy) is 1. The first-order valence-electron chi connectivity index (χ1n) is 8.70. The van der Waals surface area contributed by atoms with Crippen molar-refractivity contribution >= 4 is 50.9 Å². The molecule has 1 aromatic carbocycles. The summed E-state index contributed by atoms with van der Waals surface area (Å²) in [6, 6.07) is 7.12. The molecule has 1 fully saturated rings. The Morgan fingerprint density at radius 1 is 1.43 bits per heavy atom. The van der Waals surface area contributed by atoms with E-state index in [1.807, 2.05) is 12.3 Å². The zero-order chi connectivity index (χ0) is 19.9. The summed E-state index contributed by atoms with van der Waals surface area (Å²) in [5.74, 6) is 0.358. The van der Waals surface area contributed by atoms with E-state index in [0.717, 1.165) is 5.75 Å². The number of hydrogen-bond acceptors (Lipinski definition) is 7. The second-order valence-corrected chi connectivity index (χ2v) is 7.81. The van der Waals surface area contributed by atoms with Gasteiger partial charge in [0.2, 0.25) is 16.9 Å². The average Bonchev–Trinajstić information content (AvgIpc) is 3.28. The van der Waals surface area contributed by atoms with Gasteiger partial charge in [-0.2, -0.15) is 4.99 Å². The smallest absolute Gasteiger partial charge is 0.242 e. The van der Waals surface area contributed by atoms with Crippen LogP contribution in [0.15, 0.2) is 53.5 Å². The quantitative estimate of drug-likeness (QED) is 0.664. The number of anilines is 1. The number of hydrogen-bond donors (Lipinski definition) is 1. The standard InChI is InChI=1S/C19H20N4O3S2/c1-3-10-23-17(25)15(28-19(23)22-18-20-9-11-27-18)12-16(24)21-13-5-7-14(8-6-13)26-4-2/h3,5-9,11,15H,1,4,10,12H2,2H3,(H,21,24). The third-order valence-corrected chi connectivity index (χ3v) is 5.60. The van der Waals surface area contributed by atoms with E-state index in [1.165, 1.54) is 28.0 Å². The molecule has 0 saturated carbocycles. The van der Waals surface area contributed by atoms with E-state index in [4.69, 9.17) is 4.74 Å². The van der Waals surface area contributed by atoms with E-state index in [-0.39, 0.29) is 18.2 Å². The Bertz CT molecular complexity index is 866. The van der Waals surface area contributed by atoms with Crippen LogP contribution in [0.1, 0.15) is 13.3 Å². The predicted molar refractivity (Wildman–Crippen MR) is 113 cm³/mol. The topological polar surface area (TPSA) is 83.9 Å². The molecule has 2 amide bonds. The summed E-state index contributed by atoms with van der Waals surface area (Å²) in [6.45, 7) is 6.52. The number of thioether (sulfide) groups is 1. The van der Waals surface area contributed by atoms with Gasteiger partial charge in [-0.05, 0) is 31.2 Å². The summed E-state index contributed by atoms with van der Waals surface area (Å²) in [7, 11) is 0. The second-order valence-electron chi connectivity index (χ2n) is 5.76. The fraction of sp³-hybridized carbons (Fsp3) is 0.263. The zero-order valence-electron chi connectivity index (χ0n) is 15.3. The largest absolute Gasteiger partial charge is 0.494 e. The van der Waals surface area contributed by atoms with E-state index in [0.29, 0.717) is 29.1 Å². The first-order valence-corrected chi connectivity index (χ1v) is 10.5. The summed E-state index contributed by atoms with van der Waals surface area (Å²) < 4.78 is 5.39. The van der Waals surface area contributed by atoms with Gasteiger partial charge in [0.15, 0.2) is 5.17 Å². The fourth-order valence-electron chi connectivity index (χ4n) is 2.56. The van der Waals surface area contributed by atoms with Crippen LogP contribution < -0.4 is 10.1 Å². The van der Waals surface area contributed by atoms with Gasteiger partial charge in [0.25, 0.3) is 0 Å². The highest BCUT2D eigenvalue weighted by molar-refractivity contribution is 8.15. The molecule has 1 aliphatic rings. The van der Waals surface area contributed by atoms with Crippen LogP contribution in [0.3, 0.4) is 0 Å². The number of carbonyl (C=O) groups is 2. The zero-order valence-corrected chi connectivity index (χ0v) is 17.0. The van der Waals surface area contributed by atoms with Crippen molar-refractivity contribution in [3.05, 3.63) is 48.5 Å². The molecule has 9 heteroatoms. The van der Waals surface area contributed by atoms with E-state index >= 15 is 0 Å². The number of benzene rings is 1. The molecule has 1 N–H and O–H groups in total. The van der Waals surface area contributed by atoms with Gasteiger partial charge in [0, 0.05) is 30.2 Å². The van der Waals surface area contributed by atoms with Crippen molar-refractivity contribution in [1.82, 2.24) is 9.88 Å². The molecule has 1 aliphatic heterocycles. The number of rotatable bonds is 8. The van der Waals surface area contributed by atoms with Crippen molar-refractivity contribution in [1.29, 1.82) is 0 Å². The minimum Gasteiger partial charge on any atom is -0.494 e. The Morgan fingerprint density at radius 3 is 2.86 bits per heavy atom. The minimum absolute atomic E-state index is 0.0568. The summed E-state index contributed by atoms with van der Waals surface area (Å²) in [5, 5.41) is 5.22. The van der Waals surface area contributed by atoms with Crippen LogP contribution >= 0.6 is 23.1 Å². The monoisotopic (exact) mass is 416 g/mol. The number of carbonyl (C=O) groups excluding carboxylic acids is 2. The number of aliphatic imine (C=N–C) groups is 1. The highest BCUT2D eigenvalue weighted by Gasteiger charge is 2.38. The molecule has 1 atom stereocenters. The Hall–Kier alpha value is -2.65. The molecule has 1 saturated heterocycles. The van der Waals surface area contributed by atoms with E-state index < -0.39 is 5.25 Å². The van der Waals surface area contributed by atoms with Gasteiger partial charge in [0.1, 0.15) is 11.0 Å². The van der Waals surface area contributed by atoms with Gasteiger partial charge in [-0.15, -0.1) is 17.9 Å². The van der Waals surface area contributed by atoms with E-state index in [9.17, 15) is 9.59 Å². The molecule has 2 heterocycles. The summed E-state index contributed by atoms with van der Waals surface area (Å²) in [6.07, 6.45) is 3.35. The second kappa shape index (κ2) is 9.52. The fourth-order valence-corrected chi connectivity index (χ4v) is 4.27. The van der Waals surface area contributed by atoms with Gasteiger partial charge >= 0.3 is 0 Å². The van der Waals surface area contributed by atoms with Crippen LogP contribution in [0.2, 0.25) is 0 Å². The number of amides is 2. The molecule has 3 rings (SSSR count). The van der Waals surface area contributed by atoms with Crippen LogP contribution in [0.4, 0.5) is 10.8 Å². The van der Waals surface area contributed by atoms with Crippen LogP contribution in [0.5, 0.6) is 5.75 Å². The third-order valence-electron chi connectivity index (χ3n) is 3.76. The highest BCUT2D eigenvalue weighted by Crippen LogP contribution is 2.32. The first-order chi connectivity index (χ1) is 13.6. The summed E-state index contributed by atoms with van der Waals surface area (Å²) in [4.78, 5) is 35.2. The number of nitrogens with zero attached hydrogens (tertiary/aromatic N) is 3. The lowest BCUT2D eigenvalue weighted by molar-refractivity contribution is -0.127. The molecule has 28 heavy (non-hydrogen) atoms. The third kappa shape index (κ3) is 4.99. The molecule has 2 aromatic rings. The van der Waals surface area contributed by atoms with Crippen molar-refractivity contribution in [2.45, 2.75) is 18.6 Å². The first kappa shape index (κ1) is 20.1. The maximum absolute atomic E-state index is 12.7. The Morgan fingerprint density at radius 2 is 2.21 bits per heavy atom. The van der Waals surface area contributed by atoms with E-state index in [2.05, 4.69) is 21.9 Å². The van der Waals surface area contributed by atoms with Crippen molar-refractivity contribution in [2.24, 2.45) is 4.99 Å². The average molecular weight is 417 g/mol. The number of thiazole rings is 1. The van der Waals surface area contributed by atoms with Gasteiger partial charge in [0.05, 0.1) is 6.61 Å². The maximum Gasteiger partial charge on any atom is 0.242 e. The molecule has 7 nitrogen and oxygen atoms in total. The van der Waals surface area contributed by atoms with E-state index in [1.54, 1.807) is 36.5 Å². The molecular formula is C19H20N4O3S2. The Labute approximate surface area is 171 Å². The maximum atomic E-state index is 12.7. The lowest BCUT2D eigenvalue weighted by Gasteiger charge is -2.13. The van der Waals surface area contributed by atoms with Gasteiger partial charge in [-0.3, -0.25) is 14.5 Å². The van der Waals surface area contributed by atoms with Gasteiger partial charge in [-0.1, -0.05) is 17.8 Å². The van der Waals surface area contributed by atoms with Crippen molar-refractivity contribution in [3.63, 3.8) is 0 Å². The Balaban J connectivity index is 1.65. The van der Waals surface area contributed by atoms with Crippen LogP contribution in [-0.2, 0) is 9.59 Å². The van der Waals surface area contributed by atoms with Crippen LogP contribution in [0, 0.1) is 0 Å². The molecule has 0 aliphatic carbocycles. The molecule has 1 aromatic heterocycles. The summed E-state index contributed by atoms with van der Waals surface area (Å²) in [5.41, 5.74) is 0.656. The number of amidine groups is 1. The molecule has 146 valence electrons. The summed E-state index contributed by atoms with van der Waals surface area (Å²) >= 11 is 2.66. The highest BCUT2D eigenvalue weighted by atomic mass is 32.2. The molecule has 1 unspecified atom stereocenters. The van der Waals surface area contributed by atoms with Crippen molar-refractivity contribution in [3.8, 4) is 5.75 Å². The van der Waals surface area contributed by atoms with Crippen LogP contribution in [-0.4, -0.2) is 45.3 Å². The molecular weight excluding hydrogens is 396 g/mol. The predicted octanol–water partition coefficient (Wildman–Crippen LogP) is 3.69. The number of nitrogens with one attached hydrogen (secondary N) is 1. The normalized spacial score (nSPS) is 17.8. The minimum atomic E-state index is -0.527. The van der Waals surface area contributed by atoms with Gasteiger partial charge < -0.3 is 10.1 Å². The molecule has 0 spiro atoms. The van der Waals surface area contributed by atoms with Crippen molar-refractivity contribution in [2.75, 3.05) is 18.5 Å². The molecule has 0 bridgehead atoms. The Kier molecular flexibility index (Phi) is 6.83.